The topological polar surface area (TPSA) is 41.5 Å². The highest BCUT2D eigenvalue weighted by Gasteiger charge is 2.06. The van der Waals surface area contributed by atoms with E-state index in [0.717, 1.165) is 17.0 Å². The van der Waals surface area contributed by atoms with Crippen LogP contribution in [0.5, 0.6) is 0 Å². The van der Waals surface area contributed by atoms with E-state index in [9.17, 15) is 5.11 Å². The summed E-state index contributed by atoms with van der Waals surface area (Å²) in [6, 6.07) is 7.94. The number of nitrogens with one attached hydrogen (secondary N) is 1. The van der Waals surface area contributed by atoms with Gasteiger partial charge in [0.15, 0.2) is 0 Å². The van der Waals surface area contributed by atoms with Crippen molar-refractivity contribution in [3.63, 3.8) is 0 Å². The first-order valence-electron chi connectivity index (χ1n) is 6.35. The number of benzene rings is 1. The van der Waals surface area contributed by atoms with Gasteiger partial charge in [-0.1, -0.05) is 30.7 Å². The molecule has 0 amide bonds. The van der Waals surface area contributed by atoms with Crippen LogP contribution in [-0.2, 0) is 11.3 Å². The van der Waals surface area contributed by atoms with Crippen molar-refractivity contribution >= 4 is 11.6 Å². The summed E-state index contributed by atoms with van der Waals surface area (Å²) in [5.41, 5.74) is 1.06. The van der Waals surface area contributed by atoms with Crippen LogP contribution in [0.4, 0.5) is 0 Å². The SMILES string of the molecule is CC[C@H](C)NC[C@@H](O)COCc1ccc(Cl)cc1. The molecule has 1 aromatic carbocycles. The quantitative estimate of drug-likeness (QED) is 0.764. The molecule has 0 radical (unpaired) electrons. The van der Waals surface area contributed by atoms with Crippen molar-refractivity contribution in [1.82, 2.24) is 5.32 Å². The first kappa shape index (κ1) is 15.4. The van der Waals surface area contributed by atoms with Gasteiger partial charge in [0.05, 0.1) is 19.3 Å². The third kappa shape index (κ3) is 6.36. The van der Waals surface area contributed by atoms with Gasteiger partial charge in [0, 0.05) is 17.6 Å². The molecule has 0 spiro atoms. The number of aliphatic hydroxyl groups excluding tert-OH is 1. The van der Waals surface area contributed by atoms with Gasteiger partial charge in [-0.2, -0.15) is 0 Å². The Labute approximate surface area is 114 Å². The zero-order valence-electron chi connectivity index (χ0n) is 11.0. The molecule has 0 aliphatic rings. The van der Waals surface area contributed by atoms with E-state index in [-0.39, 0.29) is 0 Å². The molecule has 0 aliphatic carbocycles. The fourth-order valence-electron chi connectivity index (χ4n) is 1.43. The van der Waals surface area contributed by atoms with Crippen LogP contribution in [0.2, 0.25) is 5.02 Å². The summed E-state index contributed by atoms with van der Waals surface area (Å²) in [5.74, 6) is 0. The monoisotopic (exact) mass is 271 g/mol. The molecule has 2 atom stereocenters. The minimum Gasteiger partial charge on any atom is -0.389 e. The lowest BCUT2D eigenvalue weighted by Gasteiger charge is -2.15. The van der Waals surface area contributed by atoms with Crippen molar-refractivity contribution < 1.29 is 9.84 Å². The number of hydrogen-bond acceptors (Lipinski definition) is 3. The maximum atomic E-state index is 9.71. The van der Waals surface area contributed by atoms with Gasteiger partial charge in [0.1, 0.15) is 0 Å². The summed E-state index contributed by atoms with van der Waals surface area (Å²) in [4.78, 5) is 0. The van der Waals surface area contributed by atoms with Crippen molar-refractivity contribution in [2.45, 2.75) is 39.0 Å². The molecule has 0 saturated heterocycles. The van der Waals surface area contributed by atoms with Crippen LogP contribution in [-0.4, -0.2) is 30.4 Å². The summed E-state index contributed by atoms with van der Waals surface area (Å²) in [5, 5.41) is 13.7. The van der Waals surface area contributed by atoms with Crippen LogP contribution in [0.1, 0.15) is 25.8 Å². The predicted molar refractivity (Wildman–Crippen MR) is 74.9 cm³/mol. The molecular weight excluding hydrogens is 250 g/mol. The molecule has 0 unspecified atom stereocenters. The number of hydrogen-bond donors (Lipinski definition) is 2. The lowest BCUT2D eigenvalue weighted by Crippen LogP contribution is -2.35. The number of halogens is 1. The third-order valence-electron chi connectivity index (χ3n) is 2.81. The second kappa shape index (κ2) is 8.48. The maximum absolute atomic E-state index is 9.71. The molecule has 2 N–H and O–H groups in total. The molecule has 18 heavy (non-hydrogen) atoms. The molecule has 1 aromatic rings. The maximum Gasteiger partial charge on any atom is 0.0897 e. The Kier molecular flexibility index (Phi) is 7.28. The Morgan fingerprint density at radius 2 is 2.00 bits per heavy atom. The molecule has 0 heterocycles. The second-order valence-electron chi connectivity index (χ2n) is 4.51. The van der Waals surface area contributed by atoms with Gasteiger partial charge in [0.25, 0.3) is 0 Å². The molecule has 0 aliphatic heterocycles. The van der Waals surface area contributed by atoms with Crippen LogP contribution < -0.4 is 5.32 Å². The molecule has 3 nitrogen and oxygen atoms in total. The van der Waals surface area contributed by atoms with Crippen LogP contribution in [0.25, 0.3) is 0 Å². The minimum absolute atomic E-state index is 0.339. The Balaban J connectivity index is 2.15. The summed E-state index contributed by atoms with van der Waals surface area (Å²) in [6.45, 7) is 5.61. The zero-order chi connectivity index (χ0) is 13.4. The Morgan fingerprint density at radius 3 is 2.61 bits per heavy atom. The summed E-state index contributed by atoms with van der Waals surface area (Å²) in [6.07, 6.45) is 0.588. The number of rotatable bonds is 8. The van der Waals surface area contributed by atoms with E-state index in [1.165, 1.54) is 0 Å². The van der Waals surface area contributed by atoms with Gasteiger partial charge in [-0.15, -0.1) is 0 Å². The number of ether oxygens (including phenoxy) is 1. The highest BCUT2D eigenvalue weighted by Crippen LogP contribution is 2.10. The van der Waals surface area contributed by atoms with E-state index in [1.807, 2.05) is 24.3 Å². The highest BCUT2D eigenvalue weighted by molar-refractivity contribution is 6.30. The van der Waals surface area contributed by atoms with E-state index in [4.69, 9.17) is 16.3 Å². The molecule has 0 aromatic heterocycles. The average Bonchev–Trinajstić information content (AvgIpc) is 2.38. The molecule has 0 fully saturated rings. The largest absolute Gasteiger partial charge is 0.389 e. The Bertz CT molecular complexity index is 329. The summed E-state index contributed by atoms with van der Waals surface area (Å²) >= 11 is 5.79. The van der Waals surface area contributed by atoms with Crippen molar-refractivity contribution in [1.29, 1.82) is 0 Å². The summed E-state index contributed by atoms with van der Waals surface area (Å²) in [7, 11) is 0. The number of aliphatic hydroxyl groups is 1. The lowest BCUT2D eigenvalue weighted by molar-refractivity contribution is 0.0278. The molecule has 0 bridgehead atoms. The second-order valence-corrected chi connectivity index (χ2v) is 4.95. The van der Waals surface area contributed by atoms with E-state index in [2.05, 4.69) is 19.2 Å². The van der Waals surface area contributed by atoms with Gasteiger partial charge in [-0.3, -0.25) is 0 Å². The standard InChI is InChI=1S/C14H22ClNO2/c1-3-11(2)16-8-14(17)10-18-9-12-4-6-13(15)7-5-12/h4-7,11,14,16-17H,3,8-10H2,1-2H3/t11-,14+/m0/s1. The summed E-state index contributed by atoms with van der Waals surface area (Å²) < 4.78 is 5.45. The van der Waals surface area contributed by atoms with E-state index < -0.39 is 6.10 Å². The van der Waals surface area contributed by atoms with E-state index in [0.29, 0.717) is 25.8 Å². The van der Waals surface area contributed by atoms with Gasteiger partial charge in [-0.05, 0) is 31.0 Å². The smallest absolute Gasteiger partial charge is 0.0897 e. The van der Waals surface area contributed by atoms with Crippen LogP contribution in [0.15, 0.2) is 24.3 Å². The van der Waals surface area contributed by atoms with Crippen molar-refractivity contribution in [3.8, 4) is 0 Å². The van der Waals surface area contributed by atoms with Crippen LogP contribution in [0.3, 0.4) is 0 Å². The molecule has 1 rings (SSSR count). The van der Waals surface area contributed by atoms with Crippen molar-refractivity contribution in [2.24, 2.45) is 0 Å². The average molecular weight is 272 g/mol. The first-order chi connectivity index (χ1) is 8.61. The Hall–Kier alpha value is -0.610. The van der Waals surface area contributed by atoms with Gasteiger partial charge >= 0.3 is 0 Å². The highest BCUT2D eigenvalue weighted by atomic mass is 35.5. The third-order valence-corrected chi connectivity index (χ3v) is 3.06. The first-order valence-corrected chi connectivity index (χ1v) is 6.73. The molecule has 0 saturated carbocycles. The molecule has 4 heteroatoms. The van der Waals surface area contributed by atoms with E-state index >= 15 is 0 Å². The van der Waals surface area contributed by atoms with Gasteiger partial charge in [-0.25, -0.2) is 0 Å². The van der Waals surface area contributed by atoms with Gasteiger partial charge < -0.3 is 15.2 Å². The zero-order valence-corrected chi connectivity index (χ0v) is 11.8. The van der Waals surface area contributed by atoms with E-state index in [1.54, 1.807) is 0 Å². The minimum atomic E-state index is -0.466. The van der Waals surface area contributed by atoms with Crippen LogP contribution >= 0.6 is 11.6 Å². The van der Waals surface area contributed by atoms with Crippen molar-refractivity contribution in [3.05, 3.63) is 34.9 Å². The Morgan fingerprint density at radius 1 is 1.33 bits per heavy atom. The van der Waals surface area contributed by atoms with Crippen molar-refractivity contribution in [2.75, 3.05) is 13.2 Å². The normalized spacial score (nSPS) is 14.4. The lowest BCUT2D eigenvalue weighted by atomic mass is 10.2. The van der Waals surface area contributed by atoms with Gasteiger partial charge in [0.2, 0.25) is 0 Å². The molecular formula is C14H22ClNO2. The fraction of sp³-hybridized carbons (Fsp3) is 0.571. The molecule has 102 valence electrons. The van der Waals surface area contributed by atoms with Crippen LogP contribution in [0, 0.1) is 0 Å². The fourth-order valence-corrected chi connectivity index (χ4v) is 1.56. The predicted octanol–water partition coefficient (Wildman–Crippen LogP) is 2.61.